The van der Waals surface area contributed by atoms with Crippen LogP contribution in [-0.2, 0) is 9.84 Å². The summed E-state index contributed by atoms with van der Waals surface area (Å²) in [6, 6.07) is 5.07. The number of hydrogen-bond donors (Lipinski definition) is 2. The Labute approximate surface area is 115 Å². The lowest BCUT2D eigenvalue weighted by atomic mass is 10.1. The van der Waals surface area contributed by atoms with Crippen molar-refractivity contribution in [2.75, 3.05) is 18.4 Å². The molecule has 1 aliphatic rings. The third kappa shape index (κ3) is 3.24. The van der Waals surface area contributed by atoms with Crippen molar-refractivity contribution in [2.45, 2.75) is 29.3 Å². The molecule has 1 aromatic carbocycles. The van der Waals surface area contributed by atoms with E-state index in [1.54, 1.807) is 6.07 Å². The molecule has 0 bridgehead atoms. The first-order valence-corrected chi connectivity index (χ1v) is 7.78. The molecule has 0 aliphatic carbocycles. The Morgan fingerprint density at radius 3 is 2.45 bits per heavy atom. The molecule has 0 radical (unpaired) electrons. The van der Waals surface area contributed by atoms with Crippen molar-refractivity contribution in [3.8, 4) is 0 Å². The molecule has 1 saturated heterocycles. The molecular formula is C12H16F3N2O2S+. The highest BCUT2D eigenvalue weighted by Gasteiger charge is 2.46. The molecule has 112 valence electrons. The first-order chi connectivity index (χ1) is 9.30. The van der Waals surface area contributed by atoms with Crippen LogP contribution in [-0.4, -0.2) is 33.1 Å². The molecule has 1 aliphatic heterocycles. The third-order valence-corrected chi connectivity index (χ3v) is 4.74. The van der Waals surface area contributed by atoms with Crippen molar-refractivity contribution < 1.29 is 26.9 Å². The van der Waals surface area contributed by atoms with Crippen LogP contribution < -0.4 is 10.6 Å². The van der Waals surface area contributed by atoms with E-state index in [1.165, 1.54) is 6.07 Å². The molecule has 0 aromatic heterocycles. The maximum absolute atomic E-state index is 12.5. The fourth-order valence-electron chi connectivity index (χ4n) is 2.19. The Morgan fingerprint density at radius 2 is 1.85 bits per heavy atom. The van der Waals surface area contributed by atoms with Gasteiger partial charge in [0.15, 0.2) is 0 Å². The Kier molecular flexibility index (Phi) is 4.24. The van der Waals surface area contributed by atoms with Crippen molar-refractivity contribution in [2.24, 2.45) is 0 Å². The number of benzene rings is 1. The molecule has 1 fully saturated rings. The van der Waals surface area contributed by atoms with Crippen molar-refractivity contribution in [1.29, 1.82) is 0 Å². The lowest BCUT2D eigenvalue weighted by Gasteiger charge is -2.23. The van der Waals surface area contributed by atoms with E-state index in [-0.39, 0.29) is 6.04 Å². The van der Waals surface area contributed by atoms with Crippen molar-refractivity contribution >= 4 is 15.5 Å². The minimum atomic E-state index is -5.29. The molecular weight excluding hydrogens is 293 g/mol. The summed E-state index contributed by atoms with van der Waals surface area (Å²) >= 11 is 0. The number of hydrogen-bond acceptors (Lipinski definition) is 3. The van der Waals surface area contributed by atoms with Crippen LogP contribution in [0.2, 0.25) is 0 Å². The molecule has 1 heterocycles. The zero-order chi connectivity index (χ0) is 14.8. The van der Waals surface area contributed by atoms with Crippen molar-refractivity contribution in [1.82, 2.24) is 0 Å². The first kappa shape index (κ1) is 15.1. The number of alkyl halides is 3. The Bertz CT molecular complexity index is 566. The fraction of sp³-hybridized carbons (Fsp3) is 0.500. The number of piperidine rings is 1. The van der Waals surface area contributed by atoms with E-state index in [0.717, 1.165) is 38.1 Å². The van der Waals surface area contributed by atoms with Gasteiger partial charge in [-0.05, 0) is 18.2 Å². The molecule has 2 rings (SSSR count). The molecule has 4 nitrogen and oxygen atoms in total. The van der Waals surface area contributed by atoms with Gasteiger partial charge in [0.2, 0.25) is 0 Å². The molecule has 3 N–H and O–H groups in total. The topological polar surface area (TPSA) is 62.8 Å². The summed E-state index contributed by atoms with van der Waals surface area (Å²) < 4.78 is 60.2. The zero-order valence-corrected chi connectivity index (χ0v) is 11.5. The van der Waals surface area contributed by atoms with Gasteiger partial charge < -0.3 is 10.6 Å². The van der Waals surface area contributed by atoms with E-state index in [9.17, 15) is 21.6 Å². The van der Waals surface area contributed by atoms with Crippen LogP contribution >= 0.6 is 0 Å². The van der Waals surface area contributed by atoms with E-state index in [4.69, 9.17) is 0 Å². The van der Waals surface area contributed by atoms with Gasteiger partial charge in [-0.15, -0.1) is 0 Å². The van der Waals surface area contributed by atoms with Crippen LogP contribution in [0.15, 0.2) is 29.2 Å². The largest absolute Gasteiger partial charge is 0.501 e. The van der Waals surface area contributed by atoms with Crippen molar-refractivity contribution in [3.63, 3.8) is 0 Å². The van der Waals surface area contributed by atoms with Crippen LogP contribution in [0.1, 0.15) is 12.8 Å². The number of sulfone groups is 1. The standard InChI is InChI=1S/C12H15F3N2O2S/c13-12(14,15)20(18,19)11-3-1-2-10(8-11)17-9-4-6-16-7-5-9/h1-3,8-9,16-17H,4-7H2/p+1. The maximum Gasteiger partial charge on any atom is 0.501 e. The average molecular weight is 309 g/mol. The van der Waals surface area contributed by atoms with Gasteiger partial charge in [-0.3, -0.25) is 0 Å². The number of quaternary nitrogens is 1. The summed E-state index contributed by atoms with van der Waals surface area (Å²) in [6.07, 6.45) is 1.80. The van der Waals surface area contributed by atoms with Crippen LogP contribution in [0, 0.1) is 0 Å². The molecule has 0 amide bonds. The van der Waals surface area contributed by atoms with Gasteiger partial charge >= 0.3 is 5.51 Å². The van der Waals surface area contributed by atoms with Gasteiger partial charge in [0, 0.05) is 24.6 Å². The summed E-state index contributed by atoms with van der Waals surface area (Å²) in [5.41, 5.74) is -4.87. The second kappa shape index (κ2) is 5.61. The van der Waals surface area contributed by atoms with Crippen molar-refractivity contribution in [3.05, 3.63) is 24.3 Å². The number of rotatable bonds is 3. The van der Waals surface area contributed by atoms with Crippen LogP contribution in [0.25, 0.3) is 0 Å². The summed E-state index contributed by atoms with van der Waals surface area (Å²) in [5.74, 6) is 0. The van der Waals surface area contributed by atoms with Crippen LogP contribution in [0.3, 0.4) is 0 Å². The first-order valence-electron chi connectivity index (χ1n) is 6.30. The summed E-state index contributed by atoms with van der Waals surface area (Å²) in [7, 11) is -5.29. The normalized spacial score (nSPS) is 17.9. The van der Waals surface area contributed by atoms with Gasteiger partial charge in [-0.2, -0.15) is 13.2 Å². The molecule has 0 saturated carbocycles. The van der Waals surface area contributed by atoms with Crippen LogP contribution in [0.4, 0.5) is 18.9 Å². The van der Waals surface area contributed by atoms with E-state index in [2.05, 4.69) is 10.6 Å². The summed E-state index contributed by atoms with van der Waals surface area (Å²) in [5, 5.41) is 5.26. The Balaban J connectivity index is 2.20. The highest BCUT2D eigenvalue weighted by molar-refractivity contribution is 7.92. The van der Waals surface area contributed by atoms with E-state index in [1.807, 2.05) is 0 Å². The monoisotopic (exact) mass is 309 g/mol. The lowest BCUT2D eigenvalue weighted by Crippen LogP contribution is -2.87. The summed E-state index contributed by atoms with van der Waals surface area (Å²) in [6.45, 7) is 1.91. The fourth-order valence-corrected chi connectivity index (χ4v) is 3.00. The maximum atomic E-state index is 12.5. The van der Waals surface area contributed by atoms with Gasteiger partial charge in [-0.1, -0.05) is 6.07 Å². The molecule has 0 unspecified atom stereocenters. The highest BCUT2D eigenvalue weighted by Crippen LogP contribution is 2.31. The third-order valence-electron chi connectivity index (χ3n) is 3.26. The zero-order valence-electron chi connectivity index (χ0n) is 10.7. The number of nitrogens with one attached hydrogen (secondary N) is 1. The van der Waals surface area contributed by atoms with Gasteiger partial charge in [0.05, 0.1) is 18.0 Å². The average Bonchev–Trinajstić information content (AvgIpc) is 2.39. The Morgan fingerprint density at radius 1 is 1.20 bits per heavy atom. The molecule has 1 aromatic rings. The van der Waals surface area contributed by atoms with E-state index < -0.39 is 20.2 Å². The SMILES string of the molecule is O=S(=O)(c1cccc(NC2CC[NH2+]CC2)c1)C(F)(F)F. The van der Waals surface area contributed by atoms with Gasteiger partial charge in [0.25, 0.3) is 9.84 Å². The van der Waals surface area contributed by atoms with Crippen LogP contribution in [0.5, 0.6) is 0 Å². The molecule has 8 heteroatoms. The minimum Gasteiger partial charge on any atom is -0.382 e. The second-order valence-electron chi connectivity index (χ2n) is 4.76. The Hall–Kier alpha value is -1.28. The second-order valence-corrected chi connectivity index (χ2v) is 6.70. The number of anilines is 1. The molecule has 0 atom stereocenters. The van der Waals surface area contributed by atoms with E-state index in [0.29, 0.717) is 5.69 Å². The smallest absolute Gasteiger partial charge is 0.382 e. The predicted octanol–water partition coefficient (Wildman–Crippen LogP) is 1.12. The predicted molar refractivity (Wildman–Crippen MR) is 68.0 cm³/mol. The molecule has 20 heavy (non-hydrogen) atoms. The number of halogens is 3. The molecule has 0 spiro atoms. The highest BCUT2D eigenvalue weighted by atomic mass is 32.2. The minimum absolute atomic E-state index is 0.170. The summed E-state index contributed by atoms with van der Waals surface area (Å²) in [4.78, 5) is -0.725. The number of nitrogens with two attached hydrogens (primary N) is 1. The van der Waals surface area contributed by atoms with E-state index >= 15 is 0 Å². The van der Waals surface area contributed by atoms with Gasteiger partial charge in [-0.25, -0.2) is 8.42 Å². The lowest BCUT2D eigenvalue weighted by molar-refractivity contribution is -0.662. The quantitative estimate of drug-likeness (QED) is 0.879. The van der Waals surface area contributed by atoms with Gasteiger partial charge in [0.1, 0.15) is 0 Å².